The summed E-state index contributed by atoms with van der Waals surface area (Å²) in [5.41, 5.74) is 7.88. The van der Waals surface area contributed by atoms with Gasteiger partial charge in [-0.3, -0.25) is 4.79 Å². The zero-order valence-electron chi connectivity index (χ0n) is 12.8. The van der Waals surface area contributed by atoms with E-state index in [2.05, 4.69) is 34.0 Å². The zero-order valence-corrected chi connectivity index (χ0v) is 14.5. The van der Waals surface area contributed by atoms with Gasteiger partial charge in [0.15, 0.2) is 11.0 Å². The first kappa shape index (κ1) is 15.6. The Kier molecular flexibility index (Phi) is 4.54. The van der Waals surface area contributed by atoms with Gasteiger partial charge < -0.3 is 10.3 Å². The van der Waals surface area contributed by atoms with E-state index in [4.69, 9.17) is 5.73 Å². The number of primary amides is 1. The number of amides is 1. The van der Waals surface area contributed by atoms with Crippen LogP contribution in [0.4, 0.5) is 0 Å². The Labute approximate surface area is 138 Å². The fourth-order valence-electron chi connectivity index (χ4n) is 2.88. The largest absolute Gasteiger partial charge is 0.369 e. The van der Waals surface area contributed by atoms with E-state index in [1.165, 1.54) is 40.6 Å². The van der Waals surface area contributed by atoms with Gasteiger partial charge in [-0.2, -0.15) is 0 Å². The van der Waals surface area contributed by atoms with Gasteiger partial charge in [-0.15, -0.1) is 21.5 Å². The van der Waals surface area contributed by atoms with E-state index >= 15 is 0 Å². The number of fused-ring (bicyclic) bond motifs is 1. The van der Waals surface area contributed by atoms with Crippen molar-refractivity contribution >= 4 is 29.0 Å². The third-order valence-electron chi connectivity index (χ3n) is 4.02. The predicted molar refractivity (Wildman–Crippen MR) is 90.1 cm³/mol. The van der Waals surface area contributed by atoms with Crippen molar-refractivity contribution < 1.29 is 4.79 Å². The Balaban J connectivity index is 1.94. The lowest BCUT2D eigenvalue weighted by Gasteiger charge is -2.19. The highest BCUT2D eigenvalue weighted by Crippen LogP contribution is 2.38. The number of thiophene rings is 1. The van der Waals surface area contributed by atoms with Crippen LogP contribution in [0.2, 0.25) is 0 Å². The molecular weight excluding hydrogens is 316 g/mol. The van der Waals surface area contributed by atoms with Crippen molar-refractivity contribution in [2.45, 2.75) is 44.8 Å². The molecule has 0 fully saturated rings. The maximum atomic E-state index is 11.0. The zero-order chi connectivity index (χ0) is 15.7. The van der Waals surface area contributed by atoms with Crippen molar-refractivity contribution in [3.05, 3.63) is 15.8 Å². The van der Waals surface area contributed by atoms with E-state index in [1.54, 1.807) is 0 Å². The normalized spacial score (nSPS) is 17.5. The summed E-state index contributed by atoms with van der Waals surface area (Å²) >= 11 is 3.19. The minimum absolute atomic E-state index is 0.234. The first-order chi connectivity index (χ1) is 10.6. The van der Waals surface area contributed by atoms with E-state index in [0.717, 1.165) is 29.9 Å². The fraction of sp³-hybridized carbons (Fsp3) is 0.533. The Morgan fingerprint density at radius 1 is 1.55 bits per heavy atom. The molecule has 2 heterocycles. The molecule has 1 aliphatic carbocycles. The molecule has 0 radical (unpaired) electrons. The van der Waals surface area contributed by atoms with Crippen molar-refractivity contribution in [1.29, 1.82) is 0 Å². The number of nitrogens with two attached hydrogens (primary N) is 1. The summed E-state index contributed by atoms with van der Waals surface area (Å²) in [6.07, 6.45) is 3.53. The third-order valence-corrected chi connectivity index (χ3v) is 6.06. The topological polar surface area (TPSA) is 73.8 Å². The second-order valence-corrected chi connectivity index (χ2v) is 7.61. The Morgan fingerprint density at radius 2 is 2.36 bits per heavy atom. The van der Waals surface area contributed by atoms with Crippen LogP contribution >= 0.6 is 23.1 Å². The van der Waals surface area contributed by atoms with Crippen LogP contribution in [-0.2, 0) is 24.2 Å². The molecule has 2 aromatic heterocycles. The Morgan fingerprint density at radius 3 is 3.09 bits per heavy atom. The van der Waals surface area contributed by atoms with Gasteiger partial charge in [0.25, 0.3) is 0 Å². The highest BCUT2D eigenvalue weighted by Gasteiger charge is 2.24. The molecule has 22 heavy (non-hydrogen) atoms. The highest BCUT2D eigenvalue weighted by molar-refractivity contribution is 7.99. The van der Waals surface area contributed by atoms with Crippen LogP contribution in [0.5, 0.6) is 0 Å². The molecule has 1 aliphatic rings. The van der Waals surface area contributed by atoms with Crippen LogP contribution < -0.4 is 5.73 Å². The second kappa shape index (κ2) is 6.42. The first-order valence-electron chi connectivity index (χ1n) is 7.54. The molecule has 1 atom stereocenters. The summed E-state index contributed by atoms with van der Waals surface area (Å²) in [5, 5.41) is 11.6. The van der Waals surface area contributed by atoms with Crippen molar-refractivity contribution in [3.8, 4) is 11.4 Å². The molecule has 0 unspecified atom stereocenters. The molecule has 2 aromatic rings. The van der Waals surface area contributed by atoms with E-state index in [0.29, 0.717) is 0 Å². The summed E-state index contributed by atoms with van der Waals surface area (Å²) in [5.74, 6) is 1.59. The molecule has 0 saturated heterocycles. The van der Waals surface area contributed by atoms with Crippen LogP contribution in [0.3, 0.4) is 0 Å². The summed E-state index contributed by atoms with van der Waals surface area (Å²) in [7, 11) is 0. The number of nitrogens with zero attached hydrogens (tertiary/aromatic N) is 3. The van der Waals surface area contributed by atoms with Gasteiger partial charge in [0.2, 0.25) is 5.91 Å². The van der Waals surface area contributed by atoms with Crippen molar-refractivity contribution in [1.82, 2.24) is 14.8 Å². The molecule has 0 saturated carbocycles. The van der Waals surface area contributed by atoms with Gasteiger partial charge in [0.1, 0.15) is 0 Å². The van der Waals surface area contributed by atoms with Crippen LogP contribution in [0.25, 0.3) is 11.4 Å². The number of carbonyl (C=O) groups excluding carboxylic acids is 1. The Bertz CT molecular complexity index is 692. The summed E-state index contributed by atoms with van der Waals surface area (Å²) < 4.78 is 2.08. The SMILES string of the molecule is CCn1c(SCC(N)=O)nnc1-c1csc2c1CC[C@H](C)C2. The van der Waals surface area contributed by atoms with Gasteiger partial charge in [0.05, 0.1) is 5.75 Å². The molecule has 0 spiro atoms. The summed E-state index contributed by atoms with van der Waals surface area (Å²) in [6, 6.07) is 0. The average molecular weight is 336 g/mol. The van der Waals surface area contributed by atoms with Crippen molar-refractivity contribution in [2.24, 2.45) is 11.7 Å². The van der Waals surface area contributed by atoms with Crippen LogP contribution in [0.1, 0.15) is 30.7 Å². The van der Waals surface area contributed by atoms with Crippen LogP contribution in [-0.4, -0.2) is 26.4 Å². The Hall–Kier alpha value is -1.34. The number of rotatable bonds is 5. The van der Waals surface area contributed by atoms with Gasteiger partial charge >= 0.3 is 0 Å². The molecule has 0 aliphatic heterocycles. The lowest BCUT2D eigenvalue weighted by atomic mass is 9.88. The maximum absolute atomic E-state index is 11.0. The van der Waals surface area contributed by atoms with E-state index in [-0.39, 0.29) is 11.7 Å². The third kappa shape index (κ3) is 2.92. The lowest BCUT2D eigenvalue weighted by molar-refractivity contribution is -0.115. The molecule has 5 nitrogen and oxygen atoms in total. The standard InChI is InChI=1S/C15H20N4OS2/c1-3-19-14(17-18-15(19)22-8-13(16)20)11-7-21-12-6-9(2)4-5-10(11)12/h7,9H,3-6,8H2,1-2H3,(H2,16,20)/t9-/m0/s1. The van der Waals surface area contributed by atoms with Gasteiger partial charge in [-0.05, 0) is 37.7 Å². The molecule has 7 heteroatoms. The fourth-order valence-corrected chi connectivity index (χ4v) is 4.86. The molecule has 2 N–H and O–H groups in total. The van der Waals surface area contributed by atoms with Crippen LogP contribution in [0.15, 0.2) is 10.5 Å². The molecule has 118 valence electrons. The van der Waals surface area contributed by atoms with Gasteiger partial charge in [-0.1, -0.05) is 18.7 Å². The quantitative estimate of drug-likeness (QED) is 0.852. The molecule has 1 amide bonds. The summed E-state index contributed by atoms with van der Waals surface area (Å²) in [6.45, 7) is 5.17. The predicted octanol–water partition coefficient (Wildman–Crippen LogP) is 2.73. The van der Waals surface area contributed by atoms with Crippen molar-refractivity contribution in [3.63, 3.8) is 0 Å². The highest BCUT2D eigenvalue weighted by atomic mass is 32.2. The minimum atomic E-state index is -0.334. The van der Waals surface area contributed by atoms with Gasteiger partial charge in [-0.25, -0.2) is 0 Å². The minimum Gasteiger partial charge on any atom is -0.369 e. The van der Waals surface area contributed by atoms with E-state index in [1.807, 2.05) is 11.3 Å². The number of hydrogen-bond acceptors (Lipinski definition) is 5. The molecule has 0 bridgehead atoms. The second-order valence-electron chi connectivity index (χ2n) is 5.70. The smallest absolute Gasteiger partial charge is 0.227 e. The number of carbonyl (C=O) groups is 1. The number of aromatic nitrogens is 3. The monoisotopic (exact) mass is 336 g/mol. The molecule has 0 aromatic carbocycles. The molecule has 3 rings (SSSR count). The lowest BCUT2D eigenvalue weighted by Crippen LogP contribution is -2.14. The number of thioether (sulfide) groups is 1. The maximum Gasteiger partial charge on any atom is 0.227 e. The summed E-state index contributed by atoms with van der Waals surface area (Å²) in [4.78, 5) is 12.5. The number of hydrogen-bond donors (Lipinski definition) is 1. The van der Waals surface area contributed by atoms with E-state index < -0.39 is 0 Å². The average Bonchev–Trinajstić information content (AvgIpc) is 3.07. The van der Waals surface area contributed by atoms with Crippen molar-refractivity contribution in [2.75, 3.05) is 5.75 Å². The van der Waals surface area contributed by atoms with Gasteiger partial charge in [0, 0.05) is 22.4 Å². The first-order valence-corrected chi connectivity index (χ1v) is 9.40. The molecular formula is C15H20N4OS2. The van der Waals surface area contributed by atoms with Crippen LogP contribution in [0, 0.1) is 5.92 Å². The van der Waals surface area contributed by atoms with E-state index in [9.17, 15) is 4.79 Å².